The van der Waals surface area contributed by atoms with Crippen LogP contribution in [0, 0.1) is 0 Å². The van der Waals surface area contributed by atoms with Gasteiger partial charge in [-0.25, -0.2) is 9.97 Å². The predicted molar refractivity (Wildman–Crippen MR) is 97.0 cm³/mol. The molecule has 8 heteroatoms. The normalized spacial score (nSPS) is 21.0. The van der Waals surface area contributed by atoms with Gasteiger partial charge in [-0.1, -0.05) is 47.0 Å². The second-order valence-electron chi connectivity index (χ2n) is 3.82. The van der Waals surface area contributed by atoms with Crippen LogP contribution in [0.1, 0.15) is 0 Å². The summed E-state index contributed by atoms with van der Waals surface area (Å²) in [5.41, 5.74) is 0. The zero-order valence-corrected chi connectivity index (χ0v) is 15.0. The van der Waals surface area contributed by atoms with Crippen LogP contribution in [0.2, 0.25) is 0 Å². The van der Waals surface area contributed by atoms with Crippen molar-refractivity contribution < 1.29 is 0 Å². The Morgan fingerprint density at radius 3 is 1.80 bits per heavy atom. The molecule has 0 fully saturated rings. The minimum absolute atomic E-state index is 1.03. The van der Waals surface area contributed by atoms with E-state index in [1.54, 1.807) is 35.9 Å². The Morgan fingerprint density at radius 2 is 1.25 bits per heavy atom. The van der Waals surface area contributed by atoms with Gasteiger partial charge in [-0.3, -0.25) is 0 Å². The van der Waals surface area contributed by atoms with Crippen LogP contribution < -0.4 is 0 Å². The molecular formula is C12H8N2S6. The molecule has 0 saturated heterocycles. The summed E-state index contributed by atoms with van der Waals surface area (Å²) in [6.07, 6.45) is 7.93. The van der Waals surface area contributed by atoms with Crippen LogP contribution in [0.3, 0.4) is 0 Å². The fourth-order valence-corrected chi connectivity index (χ4v) is 9.50. The van der Waals surface area contributed by atoms with E-state index in [1.807, 2.05) is 47.0 Å². The Bertz CT molecular complexity index is 604. The molecule has 2 nitrogen and oxygen atoms in total. The second-order valence-corrected chi connectivity index (χ2v) is 11.2. The fraction of sp³-hybridized carbons (Fsp3) is 0.167. The lowest BCUT2D eigenvalue weighted by Crippen LogP contribution is -1.88. The van der Waals surface area contributed by atoms with Crippen molar-refractivity contribution in [2.24, 2.45) is 0 Å². The standard InChI is InChI=1S/C12H8N2S6/c1(7-17-9-10(18-7)14-4-3-13-9)2-8-19-11-12(20-8)16-6-5-15-11/h1-4H,5-6H2. The molecule has 3 aliphatic rings. The molecule has 0 unspecified atom stereocenters. The number of allylic oxidation sites excluding steroid dienone is 2. The molecule has 20 heavy (non-hydrogen) atoms. The number of hydrogen-bond donors (Lipinski definition) is 0. The average Bonchev–Trinajstić information content (AvgIpc) is 3.07. The summed E-state index contributed by atoms with van der Waals surface area (Å²) < 4.78 is 5.62. The van der Waals surface area contributed by atoms with E-state index >= 15 is 0 Å². The minimum Gasteiger partial charge on any atom is -0.245 e. The van der Waals surface area contributed by atoms with Gasteiger partial charge in [0.05, 0.1) is 16.9 Å². The van der Waals surface area contributed by atoms with Gasteiger partial charge in [0, 0.05) is 23.9 Å². The number of aromatic nitrogens is 2. The fourth-order valence-electron chi connectivity index (χ4n) is 1.67. The third-order valence-corrected chi connectivity index (χ3v) is 10.5. The molecule has 3 aliphatic heterocycles. The van der Waals surface area contributed by atoms with E-state index in [9.17, 15) is 0 Å². The Labute approximate surface area is 142 Å². The number of thioether (sulfide) groups is 6. The molecular weight excluding hydrogens is 365 g/mol. The zero-order chi connectivity index (χ0) is 13.4. The van der Waals surface area contributed by atoms with Crippen molar-refractivity contribution >= 4 is 70.6 Å². The van der Waals surface area contributed by atoms with E-state index in [0.717, 1.165) is 10.1 Å². The number of rotatable bonds is 1. The molecule has 0 saturated carbocycles. The van der Waals surface area contributed by atoms with E-state index in [1.165, 1.54) is 28.5 Å². The number of fused-ring (bicyclic) bond motifs is 1. The molecule has 0 bridgehead atoms. The molecule has 1 aromatic rings. The zero-order valence-electron chi connectivity index (χ0n) is 10.1. The highest BCUT2D eigenvalue weighted by Crippen LogP contribution is 2.59. The summed E-state index contributed by atoms with van der Waals surface area (Å²) in [7, 11) is 0. The first-order valence-corrected chi connectivity index (χ1v) is 11.1. The molecule has 1 aromatic heterocycles. The molecule has 0 radical (unpaired) electrons. The lowest BCUT2D eigenvalue weighted by molar-refractivity contribution is 0.930. The topological polar surface area (TPSA) is 25.8 Å². The molecule has 0 aromatic carbocycles. The number of nitrogens with zero attached hydrogens (tertiary/aromatic N) is 2. The summed E-state index contributed by atoms with van der Waals surface area (Å²) in [5.74, 6) is 2.48. The first-order valence-electron chi connectivity index (χ1n) is 5.83. The summed E-state index contributed by atoms with van der Waals surface area (Å²) in [6, 6.07) is 0. The second kappa shape index (κ2) is 6.26. The Hall–Kier alpha value is 0.400. The lowest BCUT2D eigenvalue weighted by atomic mass is 10.6. The van der Waals surface area contributed by atoms with Crippen molar-refractivity contribution in [3.8, 4) is 0 Å². The van der Waals surface area contributed by atoms with Gasteiger partial charge in [-0.15, -0.1) is 23.5 Å². The summed E-state index contributed by atoms with van der Waals surface area (Å²) in [4.78, 5) is 8.68. The largest absolute Gasteiger partial charge is 0.245 e. The molecule has 0 amide bonds. The van der Waals surface area contributed by atoms with Crippen molar-refractivity contribution in [3.63, 3.8) is 0 Å². The van der Waals surface area contributed by atoms with Gasteiger partial charge >= 0.3 is 0 Å². The third kappa shape index (κ3) is 2.96. The van der Waals surface area contributed by atoms with Gasteiger partial charge in [-0.2, -0.15) is 0 Å². The highest BCUT2D eigenvalue weighted by atomic mass is 32.3. The van der Waals surface area contributed by atoms with Crippen molar-refractivity contribution in [3.05, 3.63) is 41.5 Å². The van der Waals surface area contributed by atoms with Crippen molar-refractivity contribution in [2.45, 2.75) is 10.1 Å². The monoisotopic (exact) mass is 372 g/mol. The van der Waals surface area contributed by atoms with Crippen LogP contribution in [-0.4, -0.2) is 21.5 Å². The van der Waals surface area contributed by atoms with Crippen LogP contribution >= 0.6 is 70.6 Å². The van der Waals surface area contributed by atoms with E-state index < -0.39 is 0 Å². The van der Waals surface area contributed by atoms with Gasteiger partial charge in [0.1, 0.15) is 10.1 Å². The predicted octanol–water partition coefficient (Wildman–Crippen LogP) is 5.44. The maximum Gasteiger partial charge on any atom is 0.134 e. The van der Waals surface area contributed by atoms with E-state index in [0.29, 0.717) is 0 Å². The van der Waals surface area contributed by atoms with Gasteiger partial charge in [0.2, 0.25) is 0 Å². The first-order chi connectivity index (χ1) is 9.88. The molecule has 4 heterocycles. The van der Waals surface area contributed by atoms with Crippen LogP contribution in [0.25, 0.3) is 0 Å². The van der Waals surface area contributed by atoms with Crippen LogP contribution in [0.5, 0.6) is 0 Å². The van der Waals surface area contributed by atoms with Crippen LogP contribution in [-0.2, 0) is 0 Å². The van der Waals surface area contributed by atoms with Crippen molar-refractivity contribution in [1.82, 2.24) is 9.97 Å². The Balaban J connectivity index is 1.47. The van der Waals surface area contributed by atoms with Crippen LogP contribution in [0.15, 0.2) is 51.5 Å². The molecule has 0 N–H and O–H groups in total. The smallest absolute Gasteiger partial charge is 0.134 e. The molecule has 0 aliphatic carbocycles. The van der Waals surface area contributed by atoms with Gasteiger partial charge < -0.3 is 0 Å². The maximum atomic E-state index is 4.34. The first kappa shape index (κ1) is 14.0. The SMILES string of the molecule is C(C=C1Sc2nccnc2S1)=C1SC2=C(SCCS2)S1. The summed E-state index contributed by atoms with van der Waals surface area (Å²) in [5, 5.41) is 2.05. The van der Waals surface area contributed by atoms with E-state index in [4.69, 9.17) is 0 Å². The van der Waals surface area contributed by atoms with E-state index in [-0.39, 0.29) is 0 Å². The van der Waals surface area contributed by atoms with Gasteiger partial charge in [0.15, 0.2) is 0 Å². The molecule has 4 rings (SSSR count). The Morgan fingerprint density at radius 1 is 0.750 bits per heavy atom. The lowest BCUT2D eigenvalue weighted by Gasteiger charge is -2.08. The van der Waals surface area contributed by atoms with Crippen molar-refractivity contribution in [2.75, 3.05) is 11.5 Å². The van der Waals surface area contributed by atoms with Crippen molar-refractivity contribution in [1.29, 1.82) is 0 Å². The van der Waals surface area contributed by atoms with Crippen LogP contribution in [0.4, 0.5) is 0 Å². The van der Waals surface area contributed by atoms with Gasteiger partial charge in [-0.05, 0) is 12.2 Å². The summed E-state index contributed by atoms with van der Waals surface area (Å²) >= 11 is 11.2. The Kier molecular flexibility index (Phi) is 4.39. The number of hydrogen-bond acceptors (Lipinski definition) is 8. The molecule has 102 valence electrons. The maximum absolute atomic E-state index is 4.34. The third-order valence-electron chi connectivity index (χ3n) is 2.49. The van der Waals surface area contributed by atoms with E-state index in [2.05, 4.69) is 22.1 Å². The van der Waals surface area contributed by atoms with Gasteiger partial charge in [0.25, 0.3) is 0 Å². The highest BCUT2D eigenvalue weighted by Gasteiger charge is 2.25. The highest BCUT2D eigenvalue weighted by molar-refractivity contribution is 8.41. The average molecular weight is 373 g/mol. The minimum atomic E-state index is 1.03. The quantitative estimate of drug-likeness (QED) is 0.642. The molecule has 0 atom stereocenters. The molecule has 0 spiro atoms. The summed E-state index contributed by atoms with van der Waals surface area (Å²) in [6.45, 7) is 0.